The highest BCUT2D eigenvalue weighted by Gasteiger charge is 2.26. The van der Waals surface area contributed by atoms with E-state index in [1.807, 2.05) is 6.92 Å². The fourth-order valence-electron chi connectivity index (χ4n) is 1.52. The monoisotopic (exact) mass is 212 g/mol. The van der Waals surface area contributed by atoms with Gasteiger partial charge in [0.2, 0.25) is 0 Å². The van der Waals surface area contributed by atoms with Crippen molar-refractivity contribution in [2.45, 2.75) is 46.1 Å². The third kappa shape index (κ3) is 2.79. The van der Waals surface area contributed by atoms with Crippen LogP contribution in [0, 0.1) is 12.8 Å². The third-order valence-corrected chi connectivity index (χ3v) is 3.79. The molecule has 0 aliphatic rings. The number of rotatable bonds is 4. The Hall–Kier alpha value is -0.410. The summed E-state index contributed by atoms with van der Waals surface area (Å²) in [7, 11) is 0. The minimum Gasteiger partial charge on any atom is -0.325 e. The lowest BCUT2D eigenvalue weighted by Crippen LogP contribution is -2.44. The standard InChI is InChI=1S/C11H20N2S/c1-5-8(2)11(4,12)6-10-7-14-9(3)13-10/h7-8H,5-6,12H2,1-4H3. The molecule has 0 spiro atoms. The summed E-state index contributed by atoms with van der Waals surface area (Å²) in [5.41, 5.74) is 7.28. The first kappa shape index (κ1) is 11.7. The molecule has 1 aromatic heterocycles. The second-order valence-electron chi connectivity index (χ2n) is 4.35. The van der Waals surface area contributed by atoms with Gasteiger partial charge >= 0.3 is 0 Å². The number of nitrogens with zero attached hydrogens (tertiary/aromatic N) is 1. The Morgan fingerprint density at radius 2 is 2.29 bits per heavy atom. The van der Waals surface area contributed by atoms with E-state index < -0.39 is 0 Å². The molecule has 1 rings (SSSR count). The Kier molecular flexibility index (Phi) is 3.67. The summed E-state index contributed by atoms with van der Waals surface area (Å²) in [6, 6.07) is 0. The van der Waals surface area contributed by atoms with Crippen LogP contribution in [0.5, 0.6) is 0 Å². The molecule has 0 aromatic carbocycles. The molecular formula is C11H20N2S. The van der Waals surface area contributed by atoms with Crippen molar-refractivity contribution in [3.05, 3.63) is 16.1 Å². The first-order valence-corrected chi connectivity index (χ1v) is 6.03. The van der Waals surface area contributed by atoms with E-state index in [1.165, 1.54) is 0 Å². The van der Waals surface area contributed by atoms with Crippen LogP contribution in [0.1, 0.15) is 37.9 Å². The molecule has 2 N–H and O–H groups in total. The largest absolute Gasteiger partial charge is 0.325 e. The van der Waals surface area contributed by atoms with Crippen LogP contribution in [-0.4, -0.2) is 10.5 Å². The van der Waals surface area contributed by atoms with E-state index in [0.717, 1.165) is 23.5 Å². The van der Waals surface area contributed by atoms with Gasteiger partial charge in [-0.3, -0.25) is 0 Å². The molecule has 2 atom stereocenters. The fourth-order valence-corrected chi connectivity index (χ4v) is 2.13. The molecule has 3 heteroatoms. The molecule has 0 saturated heterocycles. The molecule has 1 heterocycles. The smallest absolute Gasteiger partial charge is 0.0897 e. The average Bonchev–Trinajstić information content (AvgIpc) is 2.48. The Morgan fingerprint density at radius 3 is 2.71 bits per heavy atom. The zero-order chi connectivity index (χ0) is 10.8. The number of nitrogens with two attached hydrogens (primary N) is 1. The molecule has 0 radical (unpaired) electrons. The van der Waals surface area contributed by atoms with Gasteiger partial charge in [0.15, 0.2) is 0 Å². The van der Waals surface area contributed by atoms with Gasteiger partial charge in [0.1, 0.15) is 0 Å². The molecule has 0 aliphatic heterocycles. The highest BCUT2D eigenvalue weighted by atomic mass is 32.1. The number of thiazole rings is 1. The molecular weight excluding hydrogens is 192 g/mol. The van der Waals surface area contributed by atoms with Gasteiger partial charge in [-0.1, -0.05) is 20.3 Å². The molecule has 14 heavy (non-hydrogen) atoms. The maximum atomic E-state index is 6.28. The van der Waals surface area contributed by atoms with Gasteiger partial charge in [-0.25, -0.2) is 4.98 Å². The lowest BCUT2D eigenvalue weighted by molar-refractivity contribution is 0.304. The van der Waals surface area contributed by atoms with Gasteiger partial charge < -0.3 is 5.73 Å². The SMILES string of the molecule is CCC(C)C(C)(N)Cc1csc(C)n1. The third-order valence-electron chi connectivity index (χ3n) is 2.97. The van der Waals surface area contributed by atoms with Crippen molar-refractivity contribution >= 4 is 11.3 Å². The van der Waals surface area contributed by atoms with Crippen molar-refractivity contribution in [2.24, 2.45) is 11.7 Å². The Balaban J connectivity index is 2.67. The van der Waals surface area contributed by atoms with Crippen molar-refractivity contribution in [1.29, 1.82) is 0 Å². The lowest BCUT2D eigenvalue weighted by Gasteiger charge is -2.30. The molecule has 2 unspecified atom stereocenters. The van der Waals surface area contributed by atoms with Gasteiger partial charge in [0.25, 0.3) is 0 Å². The molecule has 0 saturated carbocycles. The van der Waals surface area contributed by atoms with Gasteiger partial charge in [-0.05, 0) is 19.8 Å². The van der Waals surface area contributed by atoms with E-state index in [0.29, 0.717) is 5.92 Å². The molecule has 1 aromatic rings. The van der Waals surface area contributed by atoms with Gasteiger partial charge in [-0.2, -0.15) is 0 Å². The van der Waals surface area contributed by atoms with E-state index in [1.54, 1.807) is 11.3 Å². The molecule has 0 bridgehead atoms. The lowest BCUT2D eigenvalue weighted by atomic mass is 9.82. The van der Waals surface area contributed by atoms with Crippen LogP contribution in [-0.2, 0) is 6.42 Å². The summed E-state index contributed by atoms with van der Waals surface area (Å²) in [5.74, 6) is 0.532. The minimum absolute atomic E-state index is 0.130. The van der Waals surface area contributed by atoms with Crippen LogP contribution >= 0.6 is 11.3 Å². The second-order valence-corrected chi connectivity index (χ2v) is 5.41. The van der Waals surface area contributed by atoms with Gasteiger partial charge in [0, 0.05) is 17.3 Å². The van der Waals surface area contributed by atoms with Crippen molar-refractivity contribution < 1.29 is 0 Å². The quantitative estimate of drug-likeness (QED) is 0.833. The molecule has 80 valence electrons. The maximum Gasteiger partial charge on any atom is 0.0897 e. The van der Waals surface area contributed by atoms with E-state index in [9.17, 15) is 0 Å². The Morgan fingerprint density at radius 1 is 1.64 bits per heavy atom. The highest BCUT2D eigenvalue weighted by Crippen LogP contribution is 2.22. The van der Waals surface area contributed by atoms with Crippen LogP contribution in [0.25, 0.3) is 0 Å². The zero-order valence-electron chi connectivity index (χ0n) is 9.50. The van der Waals surface area contributed by atoms with Crippen LogP contribution in [0.15, 0.2) is 5.38 Å². The van der Waals surface area contributed by atoms with E-state index in [2.05, 4.69) is 31.1 Å². The molecule has 0 aliphatic carbocycles. The fraction of sp³-hybridized carbons (Fsp3) is 0.727. The predicted molar refractivity (Wildman–Crippen MR) is 62.6 cm³/mol. The van der Waals surface area contributed by atoms with Crippen molar-refractivity contribution in [1.82, 2.24) is 4.98 Å². The number of hydrogen-bond donors (Lipinski definition) is 1. The Labute approximate surface area is 90.6 Å². The first-order chi connectivity index (χ1) is 6.45. The predicted octanol–water partition coefficient (Wildman–Crippen LogP) is 2.76. The Bertz CT molecular complexity index is 291. The summed E-state index contributed by atoms with van der Waals surface area (Å²) in [5, 5.41) is 3.24. The van der Waals surface area contributed by atoms with Crippen LogP contribution in [0.2, 0.25) is 0 Å². The summed E-state index contributed by atoms with van der Waals surface area (Å²) < 4.78 is 0. The second kappa shape index (κ2) is 4.41. The summed E-state index contributed by atoms with van der Waals surface area (Å²) >= 11 is 1.70. The average molecular weight is 212 g/mol. The van der Waals surface area contributed by atoms with Gasteiger partial charge in [0.05, 0.1) is 10.7 Å². The molecule has 0 fully saturated rings. The topological polar surface area (TPSA) is 38.9 Å². The van der Waals surface area contributed by atoms with Crippen molar-refractivity contribution in [3.63, 3.8) is 0 Å². The highest BCUT2D eigenvalue weighted by molar-refractivity contribution is 7.09. The normalized spacial score (nSPS) is 17.8. The van der Waals surface area contributed by atoms with E-state index in [4.69, 9.17) is 5.73 Å². The summed E-state index contributed by atoms with van der Waals surface area (Å²) in [6.07, 6.45) is 2.00. The number of aromatic nitrogens is 1. The number of hydrogen-bond acceptors (Lipinski definition) is 3. The minimum atomic E-state index is -0.130. The van der Waals surface area contributed by atoms with Crippen molar-refractivity contribution in [3.8, 4) is 0 Å². The molecule has 2 nitrogen and oxygen atoms in total. The van der Waals surface area contributed by atoms with Crippen LogP contribution in [0.3, 0.4) is 0 Å². The maximum absolute atomic E-state index is 6.28. The van der Waals surface area contributed by atoms with E-state index in [-0.39, 0.29) is 5.54 Å². The van der Waals surface area contributed by atoms with E-state index >= 15 is 0 Å². The zero-order valence-corrected chi connectivity index (χ0v) is 10.3. The first-order valence-electron chi connectivity index (χ1n) is 5.15. The summed E-state index contributed by atoms with van der Waals surface area (Å²) in [4.78, 5) is 4.45. The number of aryl methyl sites for hydroxylation is 1. The molecule has 0 amide bonds. The summed E-state index contributed by atoms with van der Waals surface area (Å²) in [6.45, 7) is 8.54. The van der Waals surface area contributed by atoms with Crippen molar-refractivity contribution in [2.75, 3.05) is 0 Å². The van der Waals surface area contributed by atoms with Crippen LogP contribution in [0.4, 0.5) is 0 Å². The van der Waals surface area contributed by atoms with Gasteiger partial charge in [-0.15, -0.1) is 11.3 Å². The van der Waals surface area contributed by atoms with Crippen LogP contribution < -0.4 is 5.73 Å².